The van der Waals surface area contributed by atoms with Gasteiger partial charge in [-0.25, -0.2) is 19.0 Å². The standard InChI is InChI=1S/C30H35FN8O/c31-25-18-38(21-10-13-37(14-11-21)22-16-33-17-22)15-12-26(25)39-30-27(29(32)34-19-35-30)28(36-39)20-6-8-24(9-7-20)40-23-4-2-1-3-5-23/h1-9,19,21-22,25-26,33H,10-18H2,(H2,32,34,35)/t25-,26-/m1/s1. The Labute approximate surface area is 233 Å². The average molecular weight is 543 g/mol. The molecule has 0 saturated carbocycles. The van der Waals surface area contributed by atoms with Gasteiger partial charge in [0.1, 0.15) is 35.5 Å². The third-order valence-electron chi connectivity index (χ3n) is 8.77. The van der Waals surface area contributed by atoms with Gasteiger partial charge in [-0.3, -0.25) is 9.80 Å². The van der Waals surface area contributed by atoms with Gasteiger partial charge >= 0.3 is 0 Å². The van der Waals surface area contributed by atoms with Crippen molar-refractivity contribution in [1.29, 1.82) is 0 Å². The molecule has 3 aliphatic rings. The summed E-state index contributed by atoms with van der Waals surface area (Å²) in [6.45, 7) is 5.68. The van der Waals surface area contributed by atoms with E-state index in [0.717, 1.165) is 56.9 Å². The monoisotopic (exact) mass is 542 g/mol. The lowest BCUT2D eigenvalue weighted by molar-refractivity contribution is 0.0192. The molecule has 0 radical (unpaired) electrons. The van der Waals surface area contributed by atoms with E-state index in [0.29, 0.717) is 53.3 Å². The van der Waals surface area contributed by atoms with E-state index in [9.17, 15) is 0 Å². The van der Waals surface area contributed by atoms with Crippen LogP contribution in [-0.2, 0) is 0 Å². The summed E-state index contributed by atoms with van der Waals surface area (Å²) in [6, 6.07) is 18.1. The second-order valence-electron chi connectivity index (χ2n) is 11.1. The molecule has 0 bridgehead atoms. The van der Waals surface area contributed by atoms with Crippen LogP contribution in [0.4, 0.5) is 10.2 Å². The number of piperidine rings is 2. The third kappa shape index (κ3) is 4.80. The Morgan fingerprint density at radius 3 is 2.27 bits per heavy atom. The van der Waals surface area contributed by atoms with E-state index >= 15 is 4.39 Å². The highest BCUT2D eigenvalue weighted by atomic mass is 19.1. The number of alkyl halides is 1. The minimum atomic E-state index is -1.05. The highest BCUT2D eigenvalue weighted by Gasteiger charge is 2.38. The summed E-state index contributed by atoms with van der Waals surface area (Å²) in [7, 11) is 0. The number of halogens is 1. The first-order valence-corrected chi connectivity index (χ1v) is 14.3. The molecule has 3 N–H and O–H groups in total. The van der Waals surface area contributed by atoms with E-state index in [4.69, 9.17) is 15.6 Å². The van der Waals surface area contributed by atoms with Crippen molar-refractivity contribution in [2.45, 2.75) is 43.6 Å². The van der Waals surface area contributed by atoms with E-state index in [1.807, 2.05) is 54.6 Å². The zero-order valence-corrected chi connectivity index (χ0v) is 22.5. The van der Waals surface area contributed by atoms with Gasteiger partial charge in [0.25, 0.3) is 0 Å². The number of nitrogen functional groups attached to an aromatic ring is 1. The molecule has 2 aromatic carbocycles. The highest BCUT2D eigenvalue weighted by molar-refractivity contribution is 5.98. The number of anilines is 1. The zero-order chi connectivity index (χ0) is 27.1. The van der Waals surface area contributed by atoms with Crippen molar-refractivity contribution in [3.05, 3.63) is 60.9 Å². The van der Waals surface area contributed by atoms with Crippen LogP contribution in [0, 0.1) is 0 Å². The van der Waals surface area contributed by atoms with Crippen molar-refractivity contribution in [3.63, 3.8) is 0 Å². The summed E-state index contributed by atoms with van der Waals surface area (Å²) in [5.41, 5.74) is 8.42. The fourth-order valence-electron chi connectivity index (χ4n) is 6.41. The molecule has 3 saturated heterocycles. The van der Waals surface area contributed by atoms with Crippen LogP contribution < -0.4 is 15.8 Å². The van der Waals surface area contributed by atoms with Gasteiger partial charge in [0.15, 0.2) is 5.65 Å². The Morgan fingerprint density at radius 1 is 0.850 bits per heavy atom. The van der Waals surface area contributed by atoms with Gasteiger partial charge in [-0.1, -0.05) is 18.2 Å². The minimum absolute atomic E-state index is 0.345. The summed E-state index contributed by atoms with van der Waals surface area (Å²) in [5, 5.41) is 8.94. The predicted octanol–water partition coefficient (Wildman–Crippen LogP) is 3.89. The zero-order valence-electron chi connectivity index (χ0n) is 22.5. The molecule has 0 unspecified atom stereocenters. The van der Waals surface area contributed by atoms with E-state index in [1.165, 1.54) is 6.33 Å². The number of likely N-dealkylation sites (tertiary alicyclic amines) is 2. The number of ether oxygens (including phenoxy) is 1. The third-order valence-corrected chi connectivity index (χ3v) is 8.77. The number of para-hydroxylation sites is 1. The Bertz CT molecular complexity index is 1450. The summed E-state index contributed by atoms with van der Waals surface area (Å²) >= 11 is 0. The molecule has 5 heterocycles. The maximum absolute atomic E-state index is 15.9. The van der Waals surface area contributed by atoms with Crippen molar-refractivity contribution < 1.29 is 9.13 Å². The smallest absolute Gasteiger partial charge is 0.164 e. The number of rotatable bonds is 6. The van der Waals surface area contributed by atoms with Gasteiger partial charge in [-0.15, -0.1) is 0 Å². The van der Waals surface area contributed by atoms with Gasteiger partial charge in [0.2, 0.25) is 0 Å². The van der Waals surface area contributed by atoms with Crippen LogP contribution in [0.15, 0.2) is 60.9 Å². The van der Waals surface area contributed by atoms with Crippen LogP contribution in [0.25, 0.3) is 22.3 Å². The normalized spacial score (nSPS) is 23.3. The first-order valence-electron chi connectivity index (χ1n) is 14.3. The SMILES string of the molecule is Nc1ncnc2c1c(-c1ccc(Oc3ccccc3)cc1)nn2[C@@H]1CCN(C2CCN(C3CNC3)CC2)C[C@H]1F. The molecule has 4 aromatic rings. The van der Waals surface area contributed by atoms with Gasteiger partial charge in [-0.2, -0.15) is 5.10 Å². The molecule has 3 fully saturated rings. The van der Waals surface area contributed by atoms with Crippen LogP contribution in [0.1, 0.15) is 25.3 Å². The molecular weight excluding hydrogens is 507 g/mol. The van der Waals surface area contributed by atoms with Gasteiger partial charge in [-0.05, 0) is 55.7 Å². The Hall–Kier alpha value is -3.60. The summed E-state index contributed by atoms with van der Waals surface area (Å²) in [6.07, 6.45) is 3.28. The van der Waals surface area contributed by atoms with Crippen molar-refractivity contribution in [2.24, 2.45) is 0 Å². The van der Waals surface area contributed by atoms with Crippen molar-refractivity contribution >= 4 is 16.9 Å². The largest absolute Gasteiger partial charge is 0.457 e. The van der Waals surface area contributed by atoms with E-state index < -0.39 is 12.2 Å². The Balaban J connectivity index is 1.09. The van der Waals surface area contributed by atoms with Crippen LogP contribution in [0.5, 0.6) is 11.5 Å². The van der Waals surface area contributed by atoms with Crippen LogP contribution in [0.2, 0.25) is 0 Å². The number of benzene rings is 2. The molecule has 40 heavy (non-hydrogen) atoms. The summed E-state index contributed by atoms with van der Waals surface area (Å²) in [5.74, 6) is 1.83. The number of hydrogen-bond donors (Lipinski definition) is 2. The Kier molecular flexibility index (Phi) is 6.82. The molecule has 0 aliphatic carbocycles. The quantitative estimate of drug-likeness (QED) is 0.379. The topological polar surface area (TPSA) is 97.4 Å². The van der Waals surface area contributed by atoms with Gasteiger partial charge < -0.3 is 15.8 Å². The number of nitrogens with two attached hydrogens (primary N) is 1. The van der Waals surface area contributed by atoms with Gasteiger partial charge in [0, 0.05) is 56.9 Å². The molecular formula is C30H35FN8O. The second kappa shape index (κ2) is 10.8. The van der Waals surface area contributed by atoms with Crippen LogP contribution in [-0.4, -0.2) is 87.1 Å². The lowest BCUT2D eigenvalue weighted by Crippen LogP contribution is -2.60. The maximum Gasteiger partial charge on any atom is 0.164 e. The first kappa shape index (κ1) is 25.4. The molecule has 0 spiro atoms. The minimum Gasteiger partial charge on any atom is -0.457 e. The fourth-order valence-corrected chi connectivity index (χ4v) is 6.41. The molecule has 9 nitrogen and oxygen atoms in total. The molecule has 7 rings (SSSR count). The Morgan fingerprint density at radius 2 is 1.57 bits per heavy atom. The van der Waals surface area contributed by atoms with E-state index in [-0.39, 0.29) is 0 Å². The molecule has 3 aliphatic heterocycles. The molecule has 208 valence electrons. The van der Waals surface area contributed by atoms with E-state index in [2.05, 4.69) is 25.1 Å². The number of fused-ring (bicyclic) bond motifs is 1. The molecule has 0 amide bonds. The summed E-state index contributed by atoms with van der Waals surface area (Å²) in [4.78, 5) is 13.7. The van der Waals surface area contributed by atoms with Crippen LogP contribution >= 0.6 is 0 Å². The number of aromatic nitrogens is 4. The van der Waals surface area contributed by atoms with Crippen molar-refractivity contribution in [1.82, 2.24) is 34.9 Å². The predicted molar refractivity (Wildman–Crippen MR) is 153 cm³/mol. The van der Waals surface area contributed by atoms with Crippen LogP contribution in [0.3, 0.4) is 0 Å². The van der Waals surface area contributed by atoms with Gasteiger partial charge in [0.05, 0.1) is 11.4 Å². The van der Waals surface area contributed by atoms with Crippen molar-refractivity contribution in [3.8, 4) is 22.8 Å². The van der Waals surface area contributed by atoms with E-state index in [1.54, 1.807) is 4.68 Å². The first-order chi connectivity index (χ1) is 19.6. The number of hydrogen-bond acceptors (Lipinski definition) is 8. The number of nitrogens with zero attached hydrogens (tertiary/aromatic N) is 6. The molecule has 10 heteroatoms. The molecule has 2 atom stereocenters. The van der Waals surface area contributed by atoms with Crippen molar-refractivity contribution in [2.75, 3.05) is 45.0 Å². The number of nitrogens with one attached hydrogen (secondary N) is 1. The highest BCUT2D eigenvalue weighted by Crippen LogP contribution is 2.36. The average Bonchev–Trinajstić information content (AvgIpc) is 3.34. The lowest BCUT2D eigenvalue weighted by atomic mass is 9.95. The summed E-state index contributed by atoms with van der Waals surface area (Å²) < 4.78 is 23.6. The lowest BCUT2D eigenvalue weighted by Gasteiger charge is -2.46. The maximum atomic E-state index is 15.9. The molecule has 2 aromatic heterocycles. The second-order valence-corrected chi connectivity index (χ2v) is 11.1. The fraction of sp³-hybridized carbons (Fsp3) is 0.433.